The first-order valence-corrected chi connectivity index (χ1v) is 7.35. The maximum atomic E-state index is 12.5. The summed E-state index contributed by atoms with van der Waals surface area (Å²) in [7, 11) is 0. The highest BCUT2D eigenvalue weighted by Gasteiger charge is 2.22. The van der Waals surface area contributed by atoms with Crippen molar-refractivity contribution < 1.29 is 9.90 Å². The topological polar surface area (TPSA) is 88.0 Å². The Kier molecular flexibility index (Phi) is 2.64. The van der Waals surface area contributed by atoms with Crippen molar-refractivity contribution in [2.24, 2.45) is 0 Å². The van der Waals surface area contributed by atoms with Gasteiger partial charge in [-0.3, -0.25) is 4.79 Å². The lowest BCUT2D eigenvalue weighted by Gasteiger charge is -2.01. The van der Waals surface area contributed by atoms with Gasteiger partial charge in [0.25, 0.3) is 5.56 Å². The van der Waals surface area contributed by atoms with Gasteiger partial charge in [0, 0.05) is 17.1 Å². The van der Waals surface area contributed by atoms with E-state index in [0.29, 0.717) is 16.3 Å². The lowest BCUT2D eigenvalue weighted by atomic mass is 10.1. The van der Waals surface area contributed by atoms with E-state index in [-0.39, 0.29) is 11.1 Å². The lowest BCUT2D eigenvalue weighted by Crippen LogP contribution is -2.15. The van der Waals surface area contributed by atoms with Crippen LogP contribution in [0.3, 0.4) is 0 Å². The fourth-order valence-electron chi connectivity index (χ4n) is 2.47. The second kappa shape index (κ2) is 4.54. The van der Waals surface area contributed by atoms with Crippen molar-refractivity contribution in [2.75, 3.05) is 0 Å². The number of fused-ring (bicyclic) bond motifs is 3. The Bertz CT molecular complexity index is 1040. The molecule has 2 aliphatic heterocycles. The molecular formula is C15H9N3O3S. The van der Waals surface area contributed by atoms with Crippen molar-refractivity contribution in [3.8, 4) is 16.3 Å². The molecule has 6 nitrogen and oxygen atoms in total. The Morgan fingerprint density at radius 2 is 2.09 bits per heavy atom. The van der Waals surface area contributed by atoms with Gasteiger partial charge in [-0.05, 0) is 17.5 Å². The van der Waals surface area contributed by atoms with E-state index in [0.717, 1.165) is 10.9 Å². The second-order valence-corrected chi connectivity index (χ2v) is 5.65. The standard InChI is InChI=1S/C15H9N3O3S/c19-13-10-7-16-11-4-2-1-3-8(11)12(10)17-18(13)14-9(15(20)21)5-6-22-14/h1-7,16H,(H,20,21). The number of carbonyl (C=O) groups is 1. The van der Waals surface area contributed by atoms with Gasteiger partial charge in [-0.15, -0.1) is 11.3 Å². The number of aromatic nitrogens is 3. The summed E-state index contributed by atoms with van der Waals surface area (Å²) in [6.07, 6.45) is 1.61. The molecule has 2 aliphatic rings. The second-order valence-electron chi connectivity index (χ2n) is 4.76. The molecule has 4 rings (SSSR count). The Balaban J connectivity index is 2.08. The smallest absolute Gasteiger partial charge is 0.338 e. The number of H-pyrrole nitrogens is 1. The van der Waals surface area contributed by atoms with E-state index in [1.165, 1.54) is 22.1 Å². The van der Waals surface area contributed by atoms with Crippen molar-refractivity contribution in [1.82, 2.24) is 14.8 Å². The first kappa shape index (κ1) is 12.8. The molecule has 0 bridgehead atoms. The Labute approximate surface area is 127 Å². The molecule has 0 radical (unpaired) electrons. The molecule has 0 unspecified atom stereocenters. The van der Waals surface area contributed by atoms with E-state index in [1.54, 1.807) is 11.6 Å². The van der Waals surface area contributed by atoms with E-state index in [2.05, 4.69) is 10.1 Å². The Morgan fingerprint density at radius 3 is 2.91 bits per heavy atom. The molecule has 0 aliphatic carbocycles. The number of hydrogen-bond donors (Lipinski definition) is 2. The number of para-hydroxylation sites is 1. The molecule has 0 fully saturated rings. The van der Waals surface area contributed by atoms with E-state index in [4.69, 9.17) is 0 Å². The fraction of sp³-hybridized carbons (Fsp3) is 0. The van der Waals surface area contributed by atoms with Gasteiger partial charge in [0.15, 0.2) is 0 Å². The normalized spacial score (nSPS) is 11.3. The van der Waals surface area contributed by atoms with Gasteiger partial charge < -0.3 is 10.1 Å². The summed E-state index contributed by atoms with van der Waals surface area (Å²) in [4.78, 5) is 26.9. The fourth-order valence-corrected chi connectivity index (χ4v) is 3.31. The maximum Gasteiger partial charge on any atom is 0.338 e. The van der Waals surface area contributed by atoms with Crippen LogP contribution >= 0.6 is 11.3 Å². The summed E-state index contributed by atoms with van der Waals surface area (Å²) < 4.78 is 1.17. The number of carboxylic acid groups (broad SMARTS) is 1. The van der Waals surface area contributed by atoms with Gasteiger partial charge in [-0.2, -0.15) is 9.78 Å². The monoisotopic (exact) mass is 311 g/mol. The molecule has 0 atom stereocenters. The molecule has 0 spiro atoms. The summed E-state index contributed by atoms with van der Waals surface area (Å²) in [5.41, 5.74) is 1.60. The van der Waals surface area contributed by atoms with Crippen molar-refractivity contribution in [3.63, 3.8) is 0 Å². The third-order valence-corrected chi connectivity index (χ3v) is 4.39. The zero-order valence-corrected chi connectivity index (χ0v) is 11.9. The number of nitrogens with zero attached hydrogens (tertiary/aromatic N) is 2. The molecule has 0 saturated carbocycles. The number of nitrogens with one attached hydrogen (secondary N) is 1. The summed E-state index contributed by atoms with van der Waals surface area (Å²) >= 11 is 1.18. The number of aromatic amines is 1. The number of aromatic carboxylic acids is 1. The van der Waals surface area contributed by atoms with Crippen LogP contribution in [0.15, 0.2) is 46.7 Å². The van der Waals surface area contributed by atoms with Gasteiger partial charge in [-0.1, -0.05) is 18.2 Å². The van der Waals surface area contributed by atoms with Crippen molar-refractivity contribution in [3.05, 3.63) is 57.8 Å². The van der Waals surface area contributed by atoms with Gasteiger partial charge in [-0.25, -0.2) is 4.79 Å². The van der Waals surface area contributed by atoms with Crippen LogP contribution in [0.4, 0.5) is 0 Å². The summed E-state index contributed by atoms with van der Waals surface area (Å²) in [6, 6.07) is 9.00. The minimum atomic E-state index is -1.08. The predicted molar refractivity (Wildman–Crippen MR) is 83.1 cm³/mol. The number of thiophene rings is 1. The molecule has 0 amide bonds. The number of hydrogen-bond acceptors (Lipinski definition) is 4. The number of rotatable bonds is 2. The average Bonchev–Trinajstić information content (AvgIpc) is 3.12. The first-order chi connectivity index (χ1) is 10.7. The highest BCUT2D eigenvalue weighted by molar-refractivity contribution is 7.13. The average molecular weight is 311 g/mol. The minimum Gasteiger partial charge on any atom is -0.478 e. The first-order valence-electron chi connectivity index (χ1n) is 6.47. The van der Waals surface area contributed by atoms with E-state index in [9.17, 15) is 14.7 Å². The minimum absolute atomic E-state index is 0.0724. The SMILES string of the molecule is O=C(O)c1ccsc1-n1nc2c3ccccc3[nH]cc-2c1=O. The molecule has 2 N–H and O–H groups in total. The number of benzene rings is 1. The van der Waals surface area contributed by atoms with E-state index >= 15 is 0 Å². The van der Waals surface area contributed by atoms with E-state index in [1.807, 2.05) is 24.3 Å². The van der Waals surface area contributed by atoms with E-state index < -0.39 is 5.97 Å². The quantitative estimate of drug-likeness (QED) is 0.595. The van der Waals surface area contributed by atoms with Gasteiger partial charge in [0.05, 0.1) is 11.1 Å². The lowest BCUT2D eigenvalue weighted by molar-refractivity contribution is 0.0697. The molecule has 7 heteroatoms. The third-order valence-electron chi connectivity index (χ3n) is 3.50. The molecule has 2 aromatic rings. The van der Waals surface area contributed by atoms with Crippen LogP contribution in [0.5, 0.6) is 0 Å². The largest absolute Gasteiger partial charge is 0.478 e. The van der Waals surface area contributed by atoms with Crippen molar-refractivity contribution in [1.29, 1.82) is 0 Å². The zero-order valence-electron chi connectivity index (χ0n) is 11.1. The Morgan fingerprint density at radius 1 is 1.27 bits per heavy atom. The number of pyridine rings is 1. The highest BCUT2D eigenvalue weighted by atomic mass is 32.1. The summed E-state index contributed by atoms with van der Waals surface area (Å²) in [5.74, 6) is -1.08. The maximum absolute atomic E-state index is 12.5. The molecular weight excluding hydrogens is 302 g/mol. The molecule has 3 heterocycles. The predicted octanol–water partition coefficient (Wildman–Crippen LogP) is 2.58. The van der Waals surface area contributed by atoms with Crippen molar-refractivity contribution in [2.45, 2.75) is 0 Å². The molecule has 1 aromatic carbocycles. The zero-order chi connectivity index (χ0) is 15.3. The van der Waals surface area contributed by atoms with Crippen LogP contribution in [0.1, 0.15) is 10.4 Å². The molecule has 108 valence electrons. The third kappa shape index (κ3) is 1.69. The van der Waals surface area contributed by atoms with Crippen LogP contribution in [0.2, 0.25) is 0 Å². The summed E-state index contributed by atoms with van der Waals surface area (Å²) in [6.45, 7) is 0. The Hall–Kier alpha value is -2.93. The molecule has 22 heavy (non-hydrogen) atoms. The van der Waals surface area contributed by atoms with Crippen LogP contribution in [0.25, 0.3) is 27.2 Å². The molecule has 1 aromatic heterocycles. The molecule has 0 saturated heterocycles. The van der Waals surface area contributed by atoms with Gasteiger partial charge in [0.1, 0.15) is 10.7 Å². The van der Waals surface area contributed by atoms with Gasteiger partial charge in [0.2, 0.25) is 0 Å². The van der Waals surface area contributed by atoms with Crippen LogP contribution in [-0.2, 0) is 0 Å². The van der Waals surface area contributed by atoms with Gasteiger partial charge >= 0.3 is 5.97 Å². The van der Waals surface area contributed by atoms with Crippen LogP contribution < -0.4 is 5.56 Å². The highest BCUT2D eigenvalue weighted by Crippen LogP contribution is 2.27. The summed E-state index contributed by atoms with van der Waals surface area (Å²) in [5, 5.41) is 16.3. The van der Waals surface area contributed by atoms with Crippen LogP contribution in [0, 0.1) is 0 Å². The van der Waals surface area contributed by atoms with Crippen molar-refractivity contribution >= 4 is 28.2 Å². The number of carboxylic acids is 1. The van der Waals surface area contributed by atoms with Crippen LogP contribution in [-0.4, -0.2) is 25.8 Å².